The molecule has 0 aliphatic carbocycles. The van der Waals surface area contributed by atoms with Gasteiger partial charge in [0.15, 0.2) is 11.5 Å². The highest BCUT2D eigenvalue weighted by Crippen LogP contribution is 2.36. The zero-order chi connectivity index (χ0) is 27.2. The summed E-state index contributed by atoms with van der Waals surface area (Å²) in [7, 11) is -4.63. The number of aromatic amines is 1. The summed E-state index contributed by atoms with van der Waals surface area (Å²) < 4.78 is 79.5. The van der Waals surface area contributed by atoms with Gasteiger partial charge in [0.2, 0.25) is 16.8 Å². The number of alkyl halides is 3. The van der Waals surface area contributed by atoms with Crippen molar-refractivity contribution in [3.05, 3.63) is 98.3 Å². The maximum absolute atomic E-state index is 13.8. The molecule has 0 radical (unpaired) electrons. The molecule has 0 unspecified atom stereocenters. The summed E-state index contributed by atoms with van der Waals surface area (Å²) in [5, 5.41) is 0.300. The number of halogens is 4. The lowest BCUT2D eigenvalue weighted by molar-refractivity contribution is -0.137. The van der Waals surface area contributed by atoms with Gasteiger partial charge in [0.05, 0.1) is 10.6 Å². The largest absolute Gasteiger partial charge is 0.454 e. The van der Waals surface area contributed by atoms with Crippen LogP contribution in [0.4, 0.5) is 13.2 Å². The molecule has 1 aliphatic heterocycles. The van der Waals surface area contributed by atoms with Gasteiger partial charge in [-0.2, -0.15) is 17.5 Å². The summed E-state index contributed by atoms with van der Waals surface area (Å²) >= 11 is 6.11. The second-order valence-electron chi connectivity index (χ2n) is 8.82. The van der Waals surface area contributed by atoms with E-state index in [0.29, 0.717) is 40.1 Å². The van der Waals surface area contributed by atoms with Gasteiger partial charge in [-0.3, -0.25) is 4.79 Å². The van der Waals surface area contributed by atoms with Crippen LogP contribution in [-0.2, 0) is 29.3 Å². The molecule has 1 aliphatic rings. The molecule has 5 rings (SSSR count). The monoisotopic (exact) mass is 564 g/mol. The molecule has 3 aromatic carbocycles. The predicted molar refractivity (Wildman–Crippen MR) is 135 cm³/mol. The summed E-state index contributed by atoms with van der Waals surface area (Å²) in [6, 6.07) is 13.8. The van der Waals surface area contributed by atoms with Crippen LogP contribution >= 0.6 is 11.6 Å². The van der Waals surface area contributed by atoms with Gasteiger partial charge in [-0.15, -0.1) is 0 Å². The Morgan fingerprint density at radius 3 is 2.50 bits per heavy atom. The van der Waals surface area contributed by atoms with Crippen LogP contribution in [0.1, 0.15) is 22.3 Å². The number of H-pyrrole nitrogens is 1. The standard InChI is InChI=1S/C26H20ClF3N2O5S/c1-15-2-6-21-17(8-15)10-18(25(33)31-21)13-32(12-16-3-7-22-23(9-16)37-14-36-22)38(34,35)24-11-19(26(28,29)30)4-5-20(24)27/h2-11H,12-14H2,1H3,(H,31,33). The Balaban J connectivity index is 1.61. The minimum absolute atomic E-state index is 0.00647. The average Bonchev–Trinajstić information content (AvgIpc) is 3.31. The molecule has 7 nitrogen and oxygen atoms in total. The molecule has 0 saturated carbocycles. The van der Waals surface area contributed by atoms with Crippen molar-refractivity contribution in [1.82, 2.24) is 9.29 Å². The van der Waals surface area contributed by atoms with Gasteiger partial charge in [0, 0.05) is 24.2 Å². The average molecular weight is 565 g/mol. The molecule has 4 aromatic rings. The van der Waals surface area contributed by atoms with Gasteiger partial charge in [-0.25, -0.2) is 8.42 Å². The van der Waals surface area contributed by atoms with Gasteiger partial charge >= 0.3 is 6.18 Å². The van der Waals surface area contributed by atoms with Crippen molar-refractivity contribution in [2.24, 2.45) is 0 Å². The number of benzene rings is 3. The van der Waals surface area contributed by atoms with E-state index in [2.05, 4.69) is 4.98 Å². The Bertz CT molecular complexity index is 1720. The number of hydrogen-bond donors (Lipinski definition) is 1. The molecule has 2 heterocycles. The smallest absolute Gasteiger partial charge is 0.416 e. The minimum Gasteiger partial charge on any atom is -0.454 e. The maximum atomic E-state index is 13.8. The molecule has 0 fully saturated rings. The van der Waals surface area contributed by atoms with E-state index >= 15 is 0 Å². The quantitative estimate of drug-likeness (QED) is 0.328. The Morgan fingerprint density at radius 2 is 1.74 bits per heavy atom. The summed E-state index contributed by atoms with van der Waals surface area (Å²) in [4.78, 5) is 14.9. The fraction of sp³-hybridized carbons (Fsp3) is 0.192. The van der Waals surface area contributed by atoms with Crippen LogP contribution in [0, 0.1) is 6.92 Å². The second-order valence-corrected chi connectivity index (χ2v) is 11.1. The van der Waals surface area contributed by atoms with Gasteiger partial charge in [-0.05, 0) is 66.4 Å². The zero-order valence-electron chi connectivity index (χ0n) is 19.8. The van der Waals surface area contributed by atoms with Crippen LogP contribution < -0.4 is 15.0 Å². The van der Waals surface area contributed by atoms with E-state index in [0.717, 1.165) is 15.9 Å². The first-order valence-electron chi connectivity index (χ1n) is 11.3. The van der Waals surface area contributed by atoms with E-state index in [4.69, 9.17) is 21.1 Å². The van der Waals surface area contributed by atoms with Crippen molar-refractivity contribution < 1.29 is 31.1 Å². The van der Waals surface area contributed by atoms with Gasteiger partial charge < -0.3 is 14.5 Å². The lowest BCUT2D eigenvalue weighted by Crippen LogP contribution is -2.33. The van der Waals surface area contributed by atoms with E-state index in [-0.39, 0.29) is 23.9 Å². The highest BCUT2D eigenvalue weighted by atomic mass is 35.5. The maximum Gasteiger partial charge on any atom is 0.416 e. The first kappa shape index (κ1) is 26.1. The van der Waals surface area contributed by atoms with E-state index in [9.17, 15) is 26.4 Å². The number of ether oxygens (including phenoxy) is 2. The van der Waals surface area contributed by atoms with E-state index < -0.39 is 38.8 Å². The molecular weight excluding hydrogens is 545 g/mol. The summed E-state index contributed by atoms with van der Waals surface area (Å²) in [5.74, 6) is 0.876. The van der Waals surface area contributed by atoms with Crippen LogP contribution in [0.15, 0.2) is 70.4 Å². The number of hydrogen-bond acceptors (Lipinski definition) is 5. The van der Waals surface area contributed by atoms with Crippen LogP contribution in [0.2, 0.25) is 5.02 Å². The Morgan fingerprint density at radius 1 is 0.974 bits per heavy atom. The van der Waals surface area contributed by atoms with Crippen molar-refractivity contribution in [2.75, 3.05) is 6.79 Å². The predicted octanol–water partition coefficient (Wildman–Crippen LogP) is 5.63. The molecule has 0 spiro atoms. The van der Waals surface area contributed by atoms with Crippen molar-refractivity contribution in [1.29, 1.82) is 0 Å². The topological polar surface area (TPSA) is 88.7 Å². The van der Waals surface area contributed by atoms with Crippen LogP contribution in [0.3, 0.4) is 0 Å². The SMILES string of the molecule is Cc1ccc2[nH]c(=O)c(CN(Cc3ccc4c(c3)OCO4)S(=O)(=O)c3cc(C(F)(F)F)ccc3Cl)cc2c1. The highest BCUT2D eigenvalue weighted by Gasteiger charge is 2.35. The molecule has 0 saturated heterocycles. The molecule has 38 heavy (non-hydrogen) atoms. The molecule has 0 bridgehead atoms. The Hall–Kier alpha value is -3.54. The van der Waals surface area contributed by atoms with Crippen LogP contribution in [0.5, 0.6) is 11.5 Å². The number of aromatic nitrogens is 1. The van der Waals surface area contributed by atoms with Crippen LogP contribution in [-0.4, -0.2) is 24.5 Å². The third-order valence-electron chi connectivity index (χ3n) is 6.10. The van der Waals surface area contributed by atoms with Gasteiger partial charge in [0.1, 0.15) is 4.90 Å². The van der Waals surface area contributed by atoms with Gasteiger partial charge in [-0.1, -0.05) is 29.3 Å². The number of pyridine rings is 1. The van der Waals surface area contributed by atoms with E-state index in [1.54, 1.807) is 30.3 Å². The highest BCUT2D eigenvalue weighted by molar-refractivity contribution is 7.89. The number of fused-ring (bicyclic) bond motifs is 2. The normalized spacial score (nSPS) is 13.4. The fourth-order valence-corrected chi connectivity index (χ4v) is 6.07. The molecular formula is C26H20ClF3N2O5S. The third-order valence-corrected chi connectivity index (χ3v) is 8.37. The minimum atomic E-state index is -4.79. The van der Waals surface area contributed by atoms with Crippen molar-refractivity contribution in [2.45, 2.75) is 31.1 Å². The summed E-state index contributed by atoms with van der Waals surface area (Å²) in [5.41, 5.74) is 0.376. The molecule has 0 atom stereocenters. The molecule has 12 heteroatoms. The van der Waals surface area contributed by atoms with Gasteiger partial charge in [0.25, 0.3) is 5.56 Å². The zero-order valence-corrected chi connectivity index (χ0v) is 21.4. The van der Waals surface area contributed by atoms with Crippen LogP contribution in [0.25, 0.3) is 10.9 Å². The Kier molecular flexibility index (Phi) is 6.62. The lowest BCUT2D eigenvalue weighted by Gasteiger charge is -2.23. The first-order valence-corrected chi connectivity index (χ1v) is 13.1. The second kappa shape index (κ2) is 9.64. The number of sulfonamides is 1. The molecule has 198 valence electrons. The molecule has 0 amide bonds. The summed E-state index contributed by atoms with van der Waals surface area (Å²) in [6.07, 6.45) is -4.79. The molecule has 1 aromatic heterocycles. The summed E-state index contributed by atoms with van der Waals surface area (Å²) in [6.45, 7) is 1.17. The van der Waals surface area contributed by atoms with Crippen molar-refractivity contribution >= 4 is 32.5 Å². The number of nitrogens with zero attached hydrogens (tertiary/aromatic N) is 1. The Labute approximate surface area is 220 Å². The third kappa shape index (κ3) is 5.09. The van der Waals surface area contributed by atoms with E-state index in [1.807, 2.05) is 19.1 Å². The van der Waals surface area contributed by atoms with Crippen molar-refractivity contribution in [3.63, 3.8) is 0 Å². The van der Waals surface area contributed by atoms with E-state index in [1.165, 1.54) is 0 Å². The number of rotatable bonds is 6. The number of aryl methyl sites for hydroxylation is 1. The number of nitrogens with one attached hydrogen (secondary N) is 1. The lowest BCUT2D eigenvalue weighted by atomic mass is 10.1. The fourth-order valence-electron chi connectivity index (χ4n) is 4.16. The first-order chi connectivity index (χ1) is 17.9. The van der Waals surface area contributed by atoms with Crippen molar-refractivity contribution in [3.8, 4) is 11.5 Å². The molecule has 1 N–H and O–H groups in total.